The third kappa shape index (κ3) is 5.78. The van der Waals surface area contributed by atoms with Gasteiger partial charge in [-0.15, -0.1) is 0 Å². The highest BCUT2D eigenvalue weighted by Crippen LogP contribution is 2.18. The van der Waals surface area contributed by atoms with Crippen LogP contribution in [0.15, 0.2) is 42.5 Å². The molecule has 0 saturated carbocycles. The minimum Gasteiger partial charge on any atom is -0.480 e. The predicted molar refractivity (Wildman–Crippen MR) is 104 cm³/mol. The first-order chi connectivity index (χ1) is 13.9. The van der Waals surface area contributed by atoms with Crippen LogP contribution in [0.3, 0.4) is 0 Å². The van der Waals surface area contributed by atoms with Gasteiger partial charge in [0, 0.05) is 5.56 Å². The topological polar surface area (TPSA) is 119 Å². The van der Waals surface area contributed by atoms with Crippen molar-refractivity contribution in [1.82, 2.24) is 5.32 Å². The predicted octanol–water partition coefficient (Wildman–Crippen LogP) is 2.16. The number of fused-ring (bicyclic) bond motifs is 1. The third-order valence-electron chi connectivity index (χ3n) is 4.25. The largest absolute Gasteiger partial charge is 0.480 e. The van der Waals surface area contributed by atoms with Gasteiger partial charge in [0.1, 0.15) is 6.04 Å². The molecule has 8 heteroatoms. The van der Waals surface area contributed by atoms with Crippen molar-refractivity contribution in [2.45, 2.75) is 26.3 Å². The number of hydrogen-bond donors (Lipinski definition) is 2. The van der Waals surface area contributed by atoms with Crippen LogP contribution < -0.4 is 5.32 Å². The van der Waals surface area contributed by atoms with Crippen molar-refractivity contribution in [2.24, 2.45) is 5.92 Å². The van der Waals surface area contributed by atoms with Gasteiger partial charge in [0.15, 0.2) is 0 Å². The van der Waals surface area contributed by atoms with Crippen molar-refractivity contribution in [3.05, 3.63) is 48.0 Å². The van der Waals surface area contributed by atoms with E-state index in [0.29, 0.717) is 0 Å². The summed E-state index contributed by atoms with van der Waals surface area (Å²) in [5.41, 5.74) is 0.230. The third-order valence-corrected chi connectivity index (χ3v) is 4.25. The van der Waals surface area contributed by atoms with E-state index >= 15 is 0 Å². The van der Waals surface area contributed by atoms with Gasteiger partial charge in [-0.2, -0.15) is 0 Å². The highest BCUT2D eigenvalue weighted by Gasteiger charge is 2.38. The first-order valence-corrected chi connectivity index (χ1v) is 9.22. The number of esters is 2. The molecule has 0 heterocycles. The lowest BCUT2D eigenvalue weighted by molar-refractivity contribution is -0.159. The number of amides is 1. The van der Waals surface area contributed by atoms with Crippen LogP contribution in [0.5, 0.6) is 0 Å². The van der Waals surface area contributed by atoms with Crippen LogP contribution in [-0.4, -0.2) is 48.2 Å². The Bertz CT molecular complexity index is 909. The number of nitrogens with one attached hydrogen (secondary N) is 1. The van der Waals surface area contributed by atoms with Crippen LogP contribution in [0.4, 0.5) is 0 Å². The number of ether oxygens (including phenoxy) is 2. The van der Waals surface area contributed by atoms with E-state index in [1.54, 1.807) is 32.0 Å². The van der Waals surface area contributed by atoms with Gasteiger partial charge >= 0.3 is 17.9 Å². The molecule has 2 aromatic carbocycles. The normalized spacial score (nSPS) is 12.6. The molecule has 0 spiro atoms. The standard InChI is InChI=1S/C21H23NO7/c1-3-28-17(23)12-16(21(27)29-4-2)18(20(25)26)22-19(24)15-10-9-13-7-5-6-8-14(13)11-15/h5-11,16,18H,3-4,12H2,1-2H3,(H,22,24)(H,25,26)/t16-,18-/m1/s1. The molecule has 0 fully saturated rings. The Morgan fingerprint density at radius 2 is 1.62 bits per heavy atom. The van der Waals surface area contributed by atoms with Gasteiger partial charge in [-0.3, -0.25) is 14.4 Å². The zero-order valence-corrected chi connectivity index (χ0v) is 16.2. The highest BCUT2D eigenvalue weighted by atomic mass is 16.5. The van der Waals surface area contributed by atoms with E-state index in [0.717, 1.165) is 10.8 Å². The molecule has 8 nitrogen and oxygen atoms in total. The zero-order valence-electron chi connectivity index (χ0n) is 16.2. The molecule has 2 aromatic rings. The average molecular weight is 401 g/mol. The van der Waals surface area contributed by atoms with Crippen molar-refractivity contribution >= 4 is 34.6 Å². The Hall–Kier alpha value is -3.42. The van der Waals surface area contributed by atoms with Crippen LogP contribution in [0.2, 0.25) is 0 Å². The monoisotopic (exact) mass is 401 g/mol. The maximum Gasteiger partial charge on any atom is 0.327 e. The van der Waals surface area contributed by atoms with Crippen LogP contribution in [-0.2, 0) is 23.9 Å². The Morgan fingerprint density at radius 3 is 2.24 bits per heavy atom. The smallest absolute Gasteiger partial charge is 0.327 e. The molecule has 0 aliphatic carbocycles. The molecule has 2 atom stereocenters. The zero-order chi connectivity index (χ0) is 21.4. The van der Waals surface area contributed by atoms with Gasteiger partial charge in [-0.1, -0.05) is 30.3 Å². The molecule has 154 valence electrons. The number of carboxylic acids is 1. The summed E-state index contributed by atoms with van der Waals surface area (Å²) in [6, 6.07) is 10.6. The van der Waals surface area contributed by atoms with Crippen LogP contribution in [0, 0.1) is 5.92 Å². The molecule has 0 bridgehead atoms. The molecule has 0 aliphatic rings. The molecule has 0 saturated heterocycles. The summed E-state index contributed by atoms with van der Waals surface area (Å²) in [5.74, 6) is -5.21. The van der Waals surface area contributed by atoms with Gasteiger partial charge in [-0.05, 0) is 36.8 Å². The van der Waals surface area contributed by atoms with Crippen molar-refractivity contribution < 1.29 is 33.8 Å². The number of carbonyl (C=O) groups excluding carboxylic acids is 3. The summed E-state index contributed by atoms with van der Waals surface area (Å²) in [4.78, 5) is 48.6. The fourth-order valence-electron chi connectivity index (χ4n) is 2.88. The van der Waals surface area contributed by atoms with Crippen molar-refractivity contribution in [2.75, 3.05) is 13.2 Å². The van der Waals surface area contributed by atoms with E-state index in [9.17, 15) is 24.3 Å². The Kier molecular flexibility index (Phi) is 7.70. The van der Waals surface area contributed by atoms with E-state index < -0.39 is 42.2 Å². The van der Waals surface area contributed by atoms with Crippen LogP contribution in [0.25, 0.3) is 10.8 Å². The highest BCUT2D eigenvalue weighted by molar-refractivity contribution is 6.01. The molecule has 1 amide bonds. The Balaban J connectivity index is 2.27. The molecular weight excluding hydrogens is 378 g/mol. The molecule has 2 N–H and O–H groups in total. The van der Waals surface area contributed by atoms with E-state index in [-0.39, 0.29) is 18.8 Å². The fourth-order valence-corrected chi connectivity index (χ4v) is 2.88. The summed E-state index contributed by atoms with van der Waals surface area (Å²) in [7, 11) is 0. The molecular formula is C21H23NO7. The van der Waals surface area contributed by atoms with Crippen molar-refractivity contribution in [1.29, 1.82) is 0 Å². The maximum absolute atomic E-state index is 12.7. The van der Waals surface area contributed by atoms with Crippen LogP contribution in [0.1, 0.15) is 30.6 Å². The molecule has 29 heavy (non-hydrogen) atoms. The second kappa shape index (κ2) is 10.2. The van der Waals surface area contributed by atoms with Gasteiger partial charge in [-0.25, -0.2) is 4.79 Å². The van der Waals surface area contributed by atoms with Crippen molar-refractivity contribution in [3.63, 3.8) is 0 Å². The summed E-state index contributed by atoms with van der Waals surface area (Å²) < 4.78 is 9.71. The second-order valence-electron chi connectivity index (χ2n) is 6.22. The Morgan fingerprint density at radius 1 is 0.966 bits per heavy atom. The number of aliphatic carboxylic acids is 1. The lowest BCUT2D eigenvalue weighted by Gasteiger charge is -2.23. The average Bonchev–Trinajstić information content (AvgIpc) is 2.70. The Labute approximate surface area is 167 Å². The lowest BCUT2D eigenvalue weighted by Crippen LogP contribution is -2.49. The quantitative estimate of drug-likeness (QED) is 0.618. The summed E-state index contributed by atoms with van der Waals surface area (Å²) in [6.45, 7) is 3.23. The van der Waals surface area contributed by atoms with Gasteiger partial charge in [0.2, 0.25) is 0 Å². The first kappa shape index (κ1) is 21.9. The van der Waals surface area contributed by atoms with E-state index in [1.165, 1.54) is 0 Å². The van der Waals surface area contributed by atoms with Gasteiger partial charge in [0.05, 0.1) is 25.6 Å². The number of carboxylic acid groups (broad SMARTS) is 1. The molecule has 2 rings (SSSR count). The summed E-state index contributed by atoms with van der Waals surface area (Å²) >= 11 is 0. The summed E-state index contributed by atoms with van der Waals surface area (Å²) in [5, 5.41) is 13.7. The van der Waals surface area contributed by atoms with Gasteiger partial charge in [0.25, 0.3) is 5.91 Å². The molecule has 0 unspecified atom stereocenters. The minimum absolute atomic E-state index is 0.00309. The van der Waals surface area contributed by atoms with E-state index in [4.69, 9.17) is 9.47 Å². The molecule has 0 radical (unpaired) electrons. The number of hydrogen-bond acceptors (Lipinski definition) is 6. The number of carbonyl (C=O) groups is 4. The second-order valence-corrected chi connectivity index (χ2v) is 6.22. The maximum atomic E-state index is 12.7. The van der Waals surface area contributed by atoms with E-state index in [2.05, 4.69) is 5.32 Å². The van der Waals surface area contributed by atoms with Gasteiger partial charge < -0.3 is 19.9 Å². The molecule has 0 aliphatic heterocycles. The van der Waals surface area contributed by atoms with Crippen molar-refractivity contribution in [3.8, 4) is 0 Å². The number of benzene rings is 2. The fraction of sp³-hybridized carbons (Fsp3) is 0.333. The number of rotatable bonds is 9. The SMILES string of the molecule is CCOC(=O)C[C@@H](C(=O)OCC)[C@@H](NC(=O)c1ccc2ccccc2c1)C(=O)O. The molecule has 0 aromatic heterocycles. The summed E-state index contributed by atoms with van der Waals surface area (Å²) in [6.07, 6.45) is -0.526. The first-order valence-electron chi connectivity index (χ1n) is 9.22. The lowest BCUT2D eigenvalue weighted by atomic mass is 9.95. The minimum atomic E-state index is -1.66. The van der Waals surface area contributed by atoms with E-state index in [1.807, 2.05) is 24.3 Å². The van der Waals surface area contributed by atoms with Crippen LogP contribution >= 0.6 is 0 Å².